The first kappa shape index (κ1) is 10.3. The van der Waals surface area contributed by atoms with Crippen LogP contribution >= 0.6 is 11.6 Å². The van der Waals surface area contributed by atoms with Crippen LogP contribution in [0.2, 0.25) is 5.02 Å². The molecular formula is C10H7ClN2O2Te. The van der Waals surface area contributed by atoms with Crippen LogP contribution in [0.3, 0.4) is 0 Å². The zero-order chi connectivity index (χ0) is 11.1. The Morgan fingerprint density at radius 3 is 2.56 bits per heavy atom. The summed E-state index contributed by atoms with van der Waals surface area (Å²) < 4.78 is 11.6. The van der Waals surface area contributed by atoms with Gasteiger partial charge in [-0.3, -0.25) is 0 Å². The molecule has 0 N–H and O–H groups in total. The second-order valence-electron chi connectivity index (χ2n) is 3.34. The van der Waals surface area contributed by atoms with Gasteiger partial charge in [-0.2, -0.15) is 0 Å². The van der Waals surface area contributed by atoms with Crippen LogP contribution in [0.25, 0.3) is 0 Å². The molecule has 0 bridgehead atoms. The molecule has 0 fully saturated rings. The first-order valence-corrected chi connectivity index (χ1v) is 8.06. The molecule has 6 heteroatoms. The third kappa shape index (κ3) is 1.56. The topological polar surface area (TPSA) is 43.2 Å². The van der Waals surface area contributed by atoms with Crippen LogP contribution in [-0.2, 0) is 6.40 Å². The fraction of sp³-hybridized carbons (Fsp3) is 0.100. The van der Waals surface area contributed by atoms with Gasteiger partial charge < -0.3 is 0 Å². The quantitative estimate of drug-likeness (QED) is 0.724. The van der Waals surface area contributed by atoms with Gasteiger partial charge in [0.15, 0.2) is 0 Å². The third-order valence-corrected chi connectivity index (χ3v) is 6.06. The first-order chi connectivity index (χ1) is 7.75. The molecule has 2 aliphatic rings. The van der Waals surface area contributed by atoms with Gasteiger partial charge in [-0.05, 0) is 0 Å². The second-order valence-corrected chi connectivity index (χ2v) is 7.13. The molecule has 0 radical (unpaired) electrons. The van der Waals surface area contributed by atoms with Crippen LogP contribution in [0.15, 0.2) is 34.6 Å². The summed E-state index contributed by atoms with van der Waals surface area (Å²) in [4.78, 5) is 0. The van der Waals surface area contributed by atoms with E-state index in [0.717, 1.165) is 20.5 Å². The van der Waals surface area contributed by atoms with E-state index in [-0.39, 0.29) is 0 Å². The van der Waals surface area contributed by atoms with Crippen molar-refractivity contribution in [3.8, 4) is 0 Å². The molecule has 2 heterocycles. The van der Waals surface area contributed by atoms with Gasteiger partial charge in [0.1, 0.15) is 0 Å². The van der Waals surface area contributed by atoms with Crippen LogP contribution in [0.5, 0.6) is 0 Å². The van der Waals surface area contributed by atoms with Crippen molar-refractivity contribution in [3.05, 3.63) is 34.9 Å². The van der Waals surface area contributed by atoms with Crippen molar-refractivity contribution in [1.82, 2.24) is 0 Å². The number of benzene rings is 1. The van der Waals surface area contributed by atoms with E-state index in [1.807, 2.05) is 31.2 Å². The van der Waals surface area contributed by atoms with E-state index >= 15 is 0 Å². The van der Waals surface area contributed by atoms with E-state index in [4.69, 9.17) is 18.0 Å². The Balaban J connectivity index is 2.03. The molecule has 1 aromatic rings. The number of halogens is 1. The molecule has 4 nitrogen and oxygen atoms in total. The molecule has 82 valence electrons. The van der Waals surface area contributed by atoms with E-state index in [2.05, 4.69) is 10.3 Å². The van der Waals surface area contributed by atoms with E-state index in [1.54, 1.807) is 0 Å². The Morgan fingerprint density at radius 1 is 1.12 bits per heavy atom. The number of oxime groups is 2. The molecule has 0 atom stereocenters. The van der Waals surface area contributed by atoms with Crippen molar-refractivity contribution in [2.24, 2.45) is 10.3 Å². The second kappa shape index (κ2) is 3.85. The summed E-state index contributed by atoms with van der Waals surface area (Å²) in [5.41, 5.74) is 2.71. The summed E-state index contributed by atoms with van der Waals surface area (Å²) in [6.07, 6.45) is 0. The molecule has 0 spiro atoms. The molecule has 0 unspecified atom stereocenters. The third-order valence-electron chi connectivity index (χ3n) is 2.27. The van der Waals surface area contributed by atoms with E-state index < -0.39 is 19.9 Å². The summed E-state index contributed by atoms with van der Waals surface area (Å²) in [5.74, 6) is 0. The molecule has 0 amide bonds. The van der Waals surface area contributed by atoms with Gasteiger partial charge >= 0.3 is 105 Å². The van der Waals surface area contributed by atoms with Crippen LogP contribution in [0.1, 0.15) is 12.5 Å². The van der Waals surface area contributed by atoms with Crippen molar-refractivity contribution < 1.29 is 6.40 Å². The molecule has 3 rings (SSSR count). The van der Waals surface area contributed by atoms with Crippen LogP contribution in [0.4, 0.5) is 0 Å². The summed E-state index contributed by atoms with van der Waals surface area (Å²) in [6, 6.07) is 7.51. The zero-order valence-electron chi connectivity index (χ0n) is 8.31. The molecule has 16 heavy (non-hydrogen) atoms. The Kier molecular flexibility index (Phi) is 2.47. The van der Waals surface area contributed by atoms with Crippen molar-refractivity contribution in [2.75, 3.05) is 0 Å². The predicted octanol–water partition coefficient (Wildman–Crippen LogP) is 1.72. The summed E-state index contributed by atoms with van der Waals surface area (Å²) >= 11 is 3.67. The number of nitrogens with zero attached hydrogens (tertiary/aromatic N) is 2. The van der Waals surface area contributed by atoms with Gasteiger partial charge in [-0.25, -0.2) is 0 Å². The zero-order valence-corrected chi connectivity index (χ0v) is 11.4. The Morgan fingerprint density at radius 2 is 1.81 bits per heavy atom. The number of hydrogen-bond donors (Lipinski definition) is 0. The molecule has 1 aromatic carbocycles. The maximum absolute atomic E-state index is 5.84. The van der Waals surface area contributed by atoms with E-state index in [1.165, 1.54) is 0 Å². The average Bonchev–Trinajstić information content (AvgIpc) is 2.84. The number of rotatable bonds is 1. The van der Waals surface area contributed by atoms with Gasteiger partial charge in [0.2, 0.25) is 0 Å². The fourth-order valence-corrected chi connectivity index (χ4v) is 4.73. The van der Waals surface area contributed by atoms with Gasteiger partial charge in [-0.15, -0.1) is 0 Å². The van der Waals surface area contributed by atoms with Gasteiger partial charge in [-0.1, -0.05) is 0 Å². The van der Waals surface area contributed by atoms with Crippen molar-refractivity contribution in [3.63, 3.8) is 0 Å². The summed E-state index contributed by atoms with van der Waals surface area (Å²) in [6.45, 7) is 1.91. The van der Waals surface area contributed by atoms with Crippen molar-refractivity contribution >= 4 is 46.5 Å². The van der Waals surface area contributed by atoms with E-state index in [0.29, 0.717) is 5.02 Å². The maximum atomic E-state index is 5.84. The Hall–Kier alpha value is -0.890. The summed E-state index contributed by atoms with van der Waals surface area (Å²) in [7, 11) is 0. The van der Waals surface area contributed by atoms with Crippen molar-refractivity contribution in [2.45, 2.75) is 6.92 Å². The van der Waals surface area contributed by atoms with Crippen LogP contribution in [-0.4, -0.2) is 34.9 Å². The van der Waals surface area contributed by atoms with Crippen molar-refractivity contribution in [1.29, 1.82) is 0 Å². The Labute approximate surface area is 105 Å². The molecular weight excluding hydrogens is 343 g/mol. The SMILES string of the molecule is CC1=NO[Te]2=C1C(c1ccc(Cl)cc1)=NO2. The summed E-state index contributed by atoms with van der Waals surface area (Å²) in [5, 5.41) is 8.72. The molecule has 0 aliphatic carbocycles. The van der Waals surface area contributed by atoms with Gasteiger partial charge in [0.05, 0.1) is 0 Å². The fourth-order valence-electron chi connectivity index (χ4n) is 1.49. The average molecular weight is 350 g/mol. The standard InChI is InChI=1S/C10H7ClN2O2Te/c1-6-10-9(13-15-16(10)14-12-6)7-2-4-8(11)5-3-7/h2-5H,1H3. The molecule has 0 saturated carbocycles. The Bertz CT molecular complexity index is 548. The molecule has 0 saturated heterocycles. The minimum atomic E-state index is -2.17. The minimum absolute atomic E-state index is 0.706. The molecule has 2 aliphatic heterocycles. The predicted molar refractivity (Wildman–Crippen MR) is 64.0 cm³/mol. The van der Waals surface area contributed by atoms with E-state index in [9.17, 15) is 0 Å². The molecule has 0 aromatic heterocycles. The number of hydrogen-bond acceptors (Lipinski definition) is 4. The van der Waals surface area contributed by atoms with Crippen LogP contribution in [0, 0.1) is 0 Å². The normalized spacial score (nSPS) is 18.8. The van der Waals surface area contributed by atoms with Crippen LogP contribution < -0.4 is 0 Å². The van der Waals surface area contributed by atoms with Gasteiger partial charge in [0.25, 0.3) is 0 Å². The monoisotopic (exact) mass is 352 g/mol. The first-order valence-electron chi connectivity index (χ1n) is 4.61. The van der Waals surface area contributed by atoms with Gasteiger partial charge in [0, 0.05) is 0 Å².